The maximum absolute atomic E-state index is 12.4. The van der Waals surface area contributed by atoms with Crippen molar-refractivity contribution in [2.75, 3.05) is 19.6 Å². The molecule has 6 heteroatoms. The maximum Gasteiger partial charge on any atom is 0.225 e. The maximum atomic E-state index is 12.4. The van der Waals surface area contributed by atoms with Crippen molar-refractivity contribution in [3.8, 4) is 0 Å². The molecule has 0 radical (unpaired) electrons. The summed E-state index contributed by atoms with van der Waals surface area (Å²) in [6.07, 6.45) is 4.66. The number of amides is 1. The molecule has 1 aromatic heterocycles. The van der Waals surface area contributed by atoms with Gasteiger partial charge in [-0.15, -0.1) is 10.2 Å². The van der Waals surface area contributed by atoms with Gasteiger partial charge in [0.15, 0.2) is 0 Å². The highest BCUT2D eigenvalue weighted by Crippen LogP contribution is 2.31. The number of nitrogens with one attached hydrogen (secondary N) is 2. The Balaban J connectivity index is 1.82. The highest BCUT2D eigenvalue weighted by atomic mass is 16.2. The lowest BCUT2D eigenvalue weighted by atomic mass is 9.74. The first-order valence-electron chi connectivity index (χ1n) is 7.33. The second-order valence-electron chi connectivity index (χ2n) is 6.13. The summed E-state index contributed by atoms with van der Waals surface area (Å²) < 4.78 is 1.88. The van der Waals surface area contributed by atoms with Crippen molar-refractivity contribution in [2.24, 2.45) is 18.4 Å². The highest BCUT2D eigenvalue weighted by Gasteiger charge is 2.36. The molecule has 112 valence electrons. The molecule has 0 spiro atoms. The van der Waals surface area contributed by atoms with E-state index >= 15 is 0 Å². The van der Waals surface area contributed by atoms with Gasteiger partial charge in [0, 0.05) is 25.4 Å². The third-order valence-corrected chi connectivity index (χ3v) is 4.34. The van der Waals surface area contributed by atoms with Gasteiger partial charge in [-0.05, 0) is 31.8 Å². The molecule has 1 aliphatic rings. The molecule has 2 heterocycles. The normalized spacial score (nSPS) is 19.9. The molecule has 20 heavy (non-hydrogen) atoms. The minimum absolute atomic E-state index is 0.133. The number of nitrogens with zero attached hydrogens (tertiary/aromatic N) is 3. The Morgan fingerprint density at radius 3 is 3.00 bits per heavy atom. The van der Waals surface area contributed by atoms with Crippen LogP contribution in [0.4, 0.5) is 0 Å². The van der Waals surface area contributed by atoms with Crippen LogP contribution in [-0.4, -0.2) is 40.3 Å². The molecule has 1 aromatic rings. The van der Waals surface area contributed by atoms with Gasteiger partial charge in [0.25, 0.3) is 0 Å². The summed E-state index contributed by atoms with van der Waals surface area (Å²) in [4.78, 5) is 12.4. The van der Waals surface area contributed by atoms with E-state index in [1.54, 1.807) is 6.33 Å². The van der Waals surface area contributed by atoms with Crippen LogP contribution in [-0.2, 0) is 18.3 Å². The molecule has 1 amide bonds. The first kappa shape index (κ1) is 15.0. The Hall–Kier alpha value is -1.43. The Labute approximate surface area is 120 Å². The summed E-state index contributed by atoms with van der Waals surface area (Å²) in [6, 6.07) is 0. The van der Waals surface area contributed by atoms with Crippen molar-refractivity contribution in [3.05, 3.63) is 12.2 Å². The first-order valence-corrected chi connectivity index (χ1v) is 7.33. The van der Waals surface area contributed by atoms with Crippen LogP contribution in [0.25, 0.3) is 0 Å². The molecule has 1 atom stereocenters. The largest absolute Gasteiger partial charge is 0.355 e. The van der Waals surface area contributed by atoms with Gasteiger partial charge >= 0.3 is 0 Å². The van der Waals surface area contributed by atoms with E-state index in [4.69, 9.17) is 0 Å². The van der Waals surface area contributed by atoms with Crippen molar-refractivity contribution in [1.82, 2.24) is 25.4 Å². The summed E-state index contributed by atoms with van der Waals surface area (Å²) >= 11 is 0. The van der Waals surface area contributed by atoms with E-state index in [0.29, 0.717) is 18.9 Å². The SMILES string of the molecule is Cn1cnnc1CCNC(=O)C(C)(C)C1CCCNC1. The van der Waals surface area contributed by atoms with Crippen LogP contribution < -0.4 is 10.6 Å². The number of hydrogen-bond acceptors (Lipinski definition) is 4. The second kappa shape index (κ2) is 6.35. The standard InChI is InChI=1S/C14H25N5O/c1-14(2,11-5-4-7-15-9-11)13(20)16-8-6-12-18-17-10-19(12)3/h10-11,15H,4-9H2,1-3H3,(H,16,20). The van der Waals surface area contributed by atoms with Crippen LogP contribution in [0.1, 0.15) is 32.5 Å². The quantitative estimate of drug-likeness (QED) is 0.823. The van der Waals surface area contributed by atoms with Crippen molar-refractivity contribution < 1.29 is 4.79 Å². The highest BCUT2D eigenvalue weighted by molar-refractivity contribution is 5.82. The van der Waals surface area contributed by atoms with E-state index in [0.717, 1.165) is 31.8 Å². The molecular formula is C14H25N5O. The van der Waals surface area contributed by atoms with Gasteiger partial charge in [-0.25, -0.2) is 0 Å². The van der Waals surface area contributed by atoms with E-state index in [1.807, 2.05) is 25.5 Å². The topological polar surface area (TPSA) is 71.8 Å². The summed E-state index contributed by atoms with van der Waals surface area (Å²) in [6.45, 7) is 6.70. The van der Waals surface area contributed by atoms with Crippen molar-refractivity contribution >= 4 is 5.91 Å². The number of piperidine rings is 1. The zero-order valence-corrected chi connectivity index (χ0v) is 12.6. The zero-order chi connectivity index (χ0) is 14.6. The van der Waals surface area contributed by atoms with E-state index in [2.05, 4.69) is 20.8 Å². The fourth-order valence-corrected chi connectivity index (χ4v) is 2.70. The molecule has 1 saturated heterocycles. The van der Waals surface area contributed by atoms with Crippen molar-refractivity contribution in [2.45, 2.75) is 33.1 Å². The number of carbonyl (C=O) groups is 1. The molecule has 0 aromatic carbocycles. The molecule has 0 bridgehead atoms. The molecular weight excluding hydrogens is 254 g/mol. The molecule has 1 aliphatic heterocycles. The average molecular weight is 279 g/mol. The Bertz CT molecular complexity index is 448. The summed E-state index contributed by atoms with van der Waals surface area (Å²) in [5, 5.41) is 14.3. The Morgan fingerprint density at radius 1 is 1.60 bits per heavy atom. The number of carbonyl (C=O) groups excluding carboxylic acids is 1. The van der Waals surface area contributed by atoms with Gasteiger partial charge in [0.2, 0.25) is 5.91 Å². The van der Waals surface area contributed by atoms with Crippen LogP contribution in [0.3, 0.4) is 0 Å². The minimum Gasteiger partial charge on any atom is -0.355 e. The average Bonchev–Trinajstić information content (AvgIpc) is 2.85. The third kappa shape index (κ3) is 3.36. The molecule has 0 saturated carbocycles. The zero-order valence-electron chi connectivity index (χ0n) is 12.6. The number of hydrogen-bond donors (Lipinski definition) is 2. The smallest absolute Gasteiger partial charge is 0.225 e. The fourth-order valence-electron chi connectivity index (χ4n) is 2.70. The Morgan fingerprint density at radius 2 is 2.40 bits per heavy atom. The van der Waals surface area contributed by atoms with Crippen LogP contribution in [0.5, 0.6) is 0 Å². The molecule has 1 unspecified atom stereocenters. The predicted molar refractivity (Wildman–Crippen MR) is 77.1 cm³/mol. The minimum atomic E-state index is -0.326. The van der Waals surface area contributed by atoms with Crippen molar-refractivity contribution in [1.29, 1.82) is 0 Å². The van der Waals surface area contributed by atoms with Gasteiger partial charge in [0.05, 0.1) is 0 Å². The van der Waals surface area contributed by atoms with E-state index in [-0.39, 0.29) is 11.3 Å². The lowest BCUT2D eigenvalue weighted by Crippen LogP contribution is -2.47. The Kier molecular flexibility index (Phi) is 4.75. The summed E-state index contributed by atoms with van der Waals surface area (Å²) in [7, 11) is 1.91. The summed E-state index contributed by atoms with van der Waals surface area (Å²) in [5.74, 6) is 1.43. The van der Waals surface area contributed by atoms with Gasteiger partial charge in [-0.1, -0.05) is 13.8 Å². The lowest BCUT2D eigenvalue weighted by Gasteiger charge is -2.36. The van der Waals surface area contributed by atoms with E-state index in [1.165, 1.54) is 0 Å². The van der Waals surface area contributed by atoms with Gasteiger partial charge < -0.3 is 15.2 Å². The van der Waals surface area contributed by atoms with Crippen LogP contribution in [0.2, 0.25) is 0 Å². The van der Waals surface area contributed by atoms with Gasteiger partial charge in [0.1, 0.15) is 12.2 Å². The number of aryl methyl sites for hydroxylation is 1. The number of rotatable bonds is 5. The molecule has 1 fully saturated rings. The lowest BCUT2D eigenvalue weighted by molar-refractivity contribution is -0.132. The first-order chi connectivity index (χ1) is 9.51. The molecule has 0 aliphatic carbocycles. The van der Waals surface area contributed by atoms with Crippen molar-refractivity contribution in [3.63, 3.8) is 0 Å². The monoisotopic (exact) mass is 279 g/mol. The number of aromatic nitrogens is 3. The molecule has 2 rings (SSSR count). The second-order valence-corrected chi connectivity index (χ2v) is 6.13. The van der Waals surface area contributed by atoms with Gasteiger partial charge in [-0.2, -0.15) is 0 Å². The van der Waals surface area contributed by atoms with Gasteiger partial charge in [-0.3, -0.25) is 4.79 Å². The molecule has 2 N–H and O–H groups in total. The van der Waals surface area contributed by atoms with Crippen LogP contribution >= 0.6 is 0 Å². The van der Waals surface area contributed by atoms with Crippen LogP contribution in [0, 0.1) is 11.3 Å². The fraction of sp³-hybridized carbons (Fsp3) is 0.786. The molecule has 6 nitrogen and oxygen atoms in total. The van der Waals surface area contributed by atoms with Crippen LogP contribution in [0.15, 0.2) is 6.33 Å². The predicted octanol–water partition coefficient (Wildman–Crippen LogP) is 0.500. The third-order valence-electron chi connectivity index (χ3n) is 4.34. The van der Waals surface area contributed by atoms with E-state index < -0.39 is 0 Å². The van der Waals surface area contributed by atoms with E-state index in [9.17, 15) is 4.79 Å². The summed E-state index contributed by atoms with van der Waals surface area (Å²) in [5.41, 5.74) is -0.326.